The second-order valence-corrected chi connectivity index (χ2v) is 5.29. The first kappa shape index (κ1) is 14.8. The van der Waals surface area contributed by atoms with E-state index in [9.17, 15) is 9.59 Å². The van der Waals surface area contributed by atoms with Crippen LogP contribution in [0.4, 0.5) is 0 Å². The first-order chi connectivity index (χ1) is 9.56. The Morgan fingerprint density at radius 3 is 2.75 bits per heavy atom. The van der Waals surface area contributed by atoms with Crippen LogP contribution in [0.1, 0.15) is 37.1 Å². The molecule has 5 nitrogen and oxygen atoms in total. The van der Waals surface area contributed by atoms with Crippen molar-refractivity contribution in [1.29, 1.82) is 0 Å². The third-order valence-electron chi connectivity index (χ3n) is 3.86. The second kappa shape index (κ2) is 6.22. The van der Waals surface area contributed by atoms with Gasteiger partial charge in [0.15, 0.2) is 0 Å². The van der Waals surface area contributed by atoms with Crippen LogP contribution in [-0.2, 0) is 30.7 Å². The number of nitrogens with zero attached hydrogens (tertiary/aromatic N) is 2. The summed E-state index contributed by atoms with van der Waals surface area (Å²) in [7, 11) is 0. The van der Waals surface area contributed by atoms with Crippen molar-refractivity contribution in [1.82, 2.24) is 9.47 Å². The summed E-state index contributed by atoms with van der Waals surface area (Å²) in [6.45, 7) is 7.56. The molecular formula is C15H22N2O3. The number of likely N-dealkylation sites (N-methyl/N-ethyl adjacent to an activating group) is 1. The van der Waals surface area contributed by atoms with Gasteiger partial charge in [0, 0.05) is 37.3 Å². The van der Waals surface area contributed by atoms with Crippen LogP contribution in [0.2, 0.25) is 0 Å². The van der Waals surface area contributed by atoms with Gasteiger partial charge in [0.1, 0.15) is 0 Å². The number of fused-ring (bicyclic) bond motifs is 1. The minimum atomic E-state index is -0.951. The molecule has 0 saturated heterocycles. The summed E-state index contributed by atoms with van der Waals surface area (Å²) in [4.78, 5) is 25.6. The van der Waals surface area contributed by atoms with Crippen molar-refractivity contribution in [3.63, 3.8) is 0 Å². The number of aliphatic carboxylic acids is 1. The van der Waals surface area contributed by atoms with Gasteiger partial charge in [-0.15, -0.1) is 0 Å². The third kappa shape index (κ3) is 2.93. The average molecular weight is 278 g/mol. The first-order valence-electron chi connectivity index (χ1n) is 7.25. The molecule has 110 valence electrons. The van der Waals surface area contributed by atoms with Crippen LogP contribution >= 0.6 is 0 Å². The molecule has 20 heavy (non-hydrogen) atoms. The normalized spacial score (nSPS) is 15.1. The number of hydrogen-bond donors (Lipinski definition) is 1. The summed E-state index contributed by atoms with van der Waals surface area (Å²) < 4.78 is 1.79. The van der Waals surface area contributed by atoms with Crippen molar-refractivity contribution in [2.75, 3.05) is 13.1 Å². The molecule has 0 amide bonds. The van der Waals surface area contributed by atoms with Gasteiger partial charge >= 0.3 is 5.97 Å². The molecular weight excluding hydrogens is 256 g/mol. The molecule has 0 radical (unpaired) electrons. The van der Waals surface area contributed by atoms with Gasteiger partial charge in [-0.3, -0.25) is 14.5 Å². The molecule has 5 heteroatoms. The van der Waals surface area contributed by atoms with Crippen molar-refractivity contribution < 1.29 is 9.90 Å². The Labute approximate surface area is 118 Å². The van der Waals surface area contributed by atoms with E-state index in [1.165, 1.54) is 0 Å². The number of carbonyl (C=O) groups is 1. The molecule has 0 fully saturated rings. The smallest absolute Gasteiger partial charge is 0.308 e. The average Bonchev–Trinajstić information content (AvgIpc) is 2.42. The van der Waals surface area contributed by atoms with Gasteiger partial charge in [0.05, 0.1) is 6.42 Å². The number of carboxylic acids is 1. The molecule has 2 rings (SSSR count). The lowest BCUT2D eigenvalue weighted by molar-refractivity contribution is -0.136. The van der Waals surface area contributed by atoms with E-state index < -0.39 is 5.97 Å². The zero-order valence-electron chi connectivity index (χ0n) is 12.2. The second-order valence-electron chi connectivity index (χ2n) is 5.29. The van der Waals surface area contributed by atoms with E-state index in [-0.39, 0.29) is 12.0 Å². The summed E-state index contributed by atoms with van der Waals surface area (Å²) >= 11 is 0. The van der Waals surface area contributed by atoms with Crippen molar-refractivity contribution in [3.05, 3.63) is 33.2 Å². The van der Waals surface area contributed by atoms with E-state index in [0.29, 0.717) is 12.1 Å². The van der Waals surface area contributed by atoms with Crippen molar-refractivity contribution in [2.24, 2.45) is 0 Å². The van der Waals surface area contributed by atoms with Crippen LogP contribution in [0.3, 0.4) is 0 Å². The van der Waals surface area contributed by atoms with Crippen LogP contribution in [0.5, 0.6) is 0 Å². The Morgan fingerprint density at radius 2 is 2.15 bits per heavy atom. The predicted octanol–water partition coefficient (Wildman–Crippen LogP) is 1.26. The van der Waals surface area contributed by atoms with Gasteiger partial charge in [-0.1, -0.05) is 13.8 Å². The zero-order valence-corrected chi connectivity index (χ0v) is 12.2. The minimum Gasteiger partial charge on any atom is -0.481 e. The fourth-order valence-electron chi connectivity index (χ4n) is 2.86. The van der Waals surface area contributed by atoms with Gasteiger partial charge in [-0.25, -0.2) is 0 Å². The quantitative estimate of drug-likeness (QED) is 0.881. The van der Waals surface area contributed by atoms with Crippen molar-refractivity contribution in [3.8, 4) is 0 Å². The molecule has 0 aliphatic carbocycles. The van der Waals surface area contributed by atoms with Crippen molar-refractivity contribution in [2.45, 2.75) is 46.2 Å². The van der Waals surface area contributed by atoms with E-state index in [4.69, 9.17) is 5.11 Å². The van der Waals surface area contributed by atoms with Crippen LogP contribution < -0.4 is 5.56 Å². The highest BCUT2D eigenvalue weighted by Crippen LogP contribution is 2.19. The zero-order chi connectivity index (χ0) is 14.7. The van der Waals surface area contributed by atoms with Gasteiger partial charge in [0.25, 0.3) is 5.56 Å². The Bertz CT molecular complexity index is 563. The summed E-state index contributed by atoms with van der Waals surface area (Å²) in [6.07, 6.45) is 1.55. The maximum absolute atomic E-state index is 12.4. The Kier molecular flexibility index (Phi) is 4.60. The van der Waals surface area contributed by atoms with Crippen LogP contribution in [0.15, 0.2) is 10.9 Å². The molecule has 1 aliphatic rings. The number of rotatable bonds is 5. The topological polar surface area (TPSA) is 62.5 Å². The fourth-order valence-corrected chi connectivity index (χ4v) is 2.86. The molecule has 0 aromatic carbocycles. The van der Waals surface area contributed by atoms with Gasteiger partial charge in [0.2, 0.25) is 0 Å². The van der Waals surface area contributed by atoms with Gasteiger partial charge in [-0.05, 0) is 24.6 Å². The van der Waals surface area contributed by atoms with E-state index >= 15 is 0 Å². The third-order valence-corrected chi connectivity index (χ3v) is 3.86. The maximum atomic E-state index is 12.4. The molecule has 2 heterocycles. The highest BCUT2D eigenvalue weighted by molar-refractivity contribution is 5.70. The standard InChI is InChI=1S/C15H22N2O3/c1-3-6-17-13-5-7-16(4-2)10-12(13)8-11(15(17)20)9-14(18)19/h8H,3-7,9-10H2,1-2H3,(H,18,19). The first-order valence-corrected chi connectivity index (χ1v) is 7.25. The van der Waals surface area contributed by atoms with E-state index in [2.05, 4.69) is 11.8 Å². The fraction of sp³-hybridized carbons (Fsp3) is 0.600. The van der Waals surface area contributed by atoms with E-state index in [1.54, 1.807) is 10.6 Å². The summed E-state index contributed by atoms with van der Waals surface area (Å²) in [5, 5.41) is 8.96. The molecule has 1 aliphatic heterocycles. The number of carboxylic acid groups (broad SMARTS) is 1. The maximum Gasteiger partial charge on any atom is 0.308 e. The molecule has 0 saturated carbocycles. The number of hydrogen-bond acceptors (Lipinski definition) is 3. The SMILES string of the molecule is CCCn1c2c(cc(CC(=O)O)c1=O)CN(CC)CC2. The molecule has 1 aromatic heterocycles. The summed E-state index contributed by atoms with van der Waals surface area (Å²) in [6, 6.07) is 1.81. The minimum absolute atomic E-state index is 0.127. The Morgan fingerprint density at radius 1 is 1.40 bits per heavy atom. The largest absolute Gasteiger partial charge is 0.481 e. The lowest BCUT2D eigenvalue weighted by Crippen LogP contribution is -2.37. The Hall–Kier alpha value is -1.62. The van der Waals surface area contributed by atoms with Gasteiger partial charge in [-0.2, -0.15) is 0 Å². The van der Waals surface area contributed by atoms with Crippen LogP contribution in [0.25, 0.3) is 0 Å². The highest BCUT2D eigenvalue weighted by atomic mass is 16.4. The summed E-state index contributed by atoms with van der Waals surface area (Å²) in [5.41, 5.74) is 2.48. The molecule has 1 aromatic rings. The highest BCUT2D eigenvalue weighted by Gasteiger charge is 2.21. The molecule has 0 atom stereocenters. The van der Waals surface area contributed by atoms with E-state index in [1.807, 2.05) is 6.92 Å². The van der Waals surface area contributed by atoms with Crippen molar-refractivity contribution >= 4 is 5.97 Å². The van der Waals surface area contributed by atoms with E-state index in [0.717, 1.165) is 43.7 Å². The predicted molar refractivity (Wildman–Crippen MR) is 77.0 cm³/mol. The summed E-state index contributed by atoms with van der Waals surface area (Å²) in [5.74, 6) is -0.951. The lowest BCUT2D eigenvalue weighted by Gasteiger charge is -2.30. The number of aromatic nitrogens is 1. The molecule has 1 N–H and O–H groups in total. The van der Waals surface area contributed by atoms with Crippen LogP contribution in [0, 0.1) is 0 Å². The van der Waals surface area contributed by atoms with Gasteiger partial charge < -0.3 is 9.67 Å². The number of pyridine rings is 1. The molecule has 0 bridgehead atoms. The lowest BCUT2D eigenvalue weighted by atomic mass is 10.0. The van der Waals surface area contributed by atoms with Crippen LogP contribution in [-0.4, -0.2) is 33.6 Å². The monoisotopic (exact) mass is 278 g/mol. The molecule has 0 unspecified atom stereocenters. The Balaban J connectivity index is 2.49. The molecule has 0 spiro atoms.